The van der Waals surface area contributed by atoms with Gasteiger partial charge in [0, 0.05) is 6.42 Å². The quantitative estimate of drug-likeness (QED) is 0.470. The van der Waals surface area contributed by atoms with Crippen LogP contribution in [0.4, 0.5) is 4.79 Å². The molecule has 1 rings (SSSR count). The summed E-state index contributed by atoms with van der Waals surface area (Å²) >= 11 is -0.873. The summed E-state index contributed by atoms with van der Waals surface area (Å²) in [5.41, 5.74) is 0. The Morgan fingerprint density at radius 2 is 2.33 bits per heavy atom. The first kappa shape index (κ1) is 9.07. The molecule has 0 spiro atoms. The van der Waals surface area contributed by atoms with E-state index in [1.165, 1.54) is 0 Å². The maximum Gasteiger partial charge on any atom is 0.309 e. The second-order valence-electron chi connectivity index (χ2n) is 1.48. The van der Waals surface area contributed by atoms with Crippen LogP contribution in [0.1, 0.15) is 6.42 Å². The SMILES string of the molecule is Cl.O=C([O-])[S+]1CCCO1. The van der Waals surface area contributed by atoms with Crippen LogP contribution in [0.5, 0.6) is 0 Å². The minimum Gasteiger partial charge on any atom is -0.502 e. The van der Waals surface area contributed by atoms with Crippen molar-refractivity contribution in [1.82, 2.24) is 0 Å². The predicted molar refractivity (Wildman–Crippen MR) is 35.4 cm³/mol. The Labute approximate surface area is 62.4 Å². The maximum absolute atomic E-state index is 9.98. The summed E-state index contributed by atoms with van der Waals surface area (Å²) in [6, 6.07) is 0. The predicted octanol–water partition coefficient (Wildman–Crippen LogP) is -0.295. The molecular formula is C4H7ClO3S. The van der Waals surface area contributed by atoms with Crippen molar-refractivity contribution < 1.29 is 14.1 Å². The van der Waals surface area contributed by atoms with Crippen molar-refractivity contribution in [3.8, 4) is 0 Å². The van der Waals surface area contributed by atoms with Gasteiger partial charge >= 0.3 is 5.30 Å². The lowest BCUT2D eigenvalue weighted by Gasteiger charge is -1.92. The minimum absolute atomic E-state index is 0. The fourth-order valence-electron chi connectivity index (χ4n) is 0.540. The number of rotatable bonds is 0. The number of carbonyl (C=O) groups excluding carboxylic acids is 1. The molecule has 0 saturated carbocycles. The van der Waals surface area contributed by atoms with Crippen molar-refractivity contribution >= 4 is 28.9 Å². The van der Waals surface area contributed by atoms with Gasteiger partial charge < -0.3 is 9.90 Å². The summed E-state index contributed by atoms with van der Waals surface area (Å²) in [6.45, 7) is 0.580. The van der Waals surface area contributed by atoms with Crippen LogP contribution in [0.3, 0.4) is 0 Å². The van der Waals surface area contributed by atoms with Crippen molar-refractivity contribution in [3.63, 3.8) is 0 Å². The molecule has 0 N–H and O–H groups in total. The molecule has 5 heteroatoms. The van der Waals surface area contributed by atoms with Gasteiger partial charge in [-0.3, -0.25) is 0 Å². The van der Waals surface area contributed by atoms with E-state index in [-0.39, 0.29) is 12.4 Å². The first-order chi connectivity index (χ1) is 3.80. The van der Waals surface area contributed by atoms with Gasteiger partial charge in [-0.05, 0) is 0 Å². The third-order valence-corrected chi connectivity index (χ3v) is 2.37. The lowest BCUT2D eigenvalue weighted by atomic mass is 10.5. The lowest BCUT2D eigenvalue weighted by Crippen LogP contribution is -2.30. The van der Waals surface area contributed by atoms with Crippen molar-refractivity contribution in [2.24, 2.45) is 0 Å². The van der Waals surface area contributed by atoms with Crippen LogP contribution < -0.4 is 5.11 Å². The highest BCUT2D eigenvalue weighted by Gasteiger charge is 2.28. The fraction of sp³-hybridized carbons (Fsp3) is 0.750. The molecule has 0 aromatic rings. The minimum atomic E-state index is -1.05. The van der Waals surface area contributed by atoms with Gasteiger partial charge in [0.1, 0.15) is 6.61 Å². The fourth-order valence-corrected chi connectivity index (χ4v) is 1.62. The van der Waals surface area contributed by atoms with Crippen molar-refractivity contribution in [1.29, 1.82) is 0 Å². The highest BCUT2D eigenvalue weighted by atomic mass is 35.5. The molecule has 1 unspecified atom stereocenters. The molecule has 1 heterocycles. The van der Waals surface area contributed by atoms with E-state index in [0.717, 1.165) is 6.42 Å². The van der Waals surface area contributed by atoms with E-state index in [0.29, 0.717) is 12.4 Å². The number of carboxylic acid groups (broad SMARTS) is 1. The van der Waals surface area contributed by atoms with Crippen LogP contribution in [0, 0.1) is 0 Å². The first-order valence-electron chi connectivity index (χ1n) is 2.36. The molecule has 1 saturated heterocycles. The standard InChI is InChI=1S/C4H6O3S.ClH/c5-4(6)8-3-1-2-7-8;/h1-3H2;1H. The zero-order valence-corrected chi connectivity index (χ0v) is 6.30. The van der Waals surface area contributed by atoms with E-state index in [4.69, 9.17) is 4.18 Å². The highest BCUT2D eigenvalue weighted by molar-refractivity contribution is 8.06. The van der Waals surface area contributed by atoms with E-state index in [2.05, 4.69) is 0 Å². The second-order valence-corrected chi connectivity index (χ2v) is 3.14. The molecule has 1 atom stereocenters. The first-order valence-corrected chi connectivity index (χ1v) is 3.68. The Hall–Kier alpha value is 0.0700. The van der Waals surface area contributed by atoms with Gasteiger partial charge in [-0.25, -0.2) is 0 Å². The zero-order chi connectivity index (χ0) is 5.98. The molecular weight excluding hydrogens is 164 g/mol. The third-order valence-electron chi connectivity index (χ3n) is 0.886. The van der Waals surface area contributed by atoms with Crippen LogP contribution in [-0.4, -0.2) is 17.7 Å². The van der Waals surface area contributed by atoms with Crippen LogP contribution in [0.15, 0.2) is 0 Å². The van der Waals surface area contributed by atoms with Gasteiger partial charge in [0.05, 0.1) is 0 Å². The Morgan fingerprint density at radius 1 is 1.67 bits per heavy atom. The van der Waals surface area contributed by atoms with Crippen molar-refractivity contribution in [2.75, 3.05) is 12.4 Å². The molecule has 3 nitrogen and oxygen atoms in total. The van der Waals surface area contributed by atoms with E-state index in [9.17, 15) is 9.90 Å². The second kappa shape index (κ2) is 3.98. The van der Waals surface area contributed by atoms with Crippen LogP contribution >= 0.6 is 12.4 Å². The molecule has 1 aliphatic heterocycles. The smallest absolute Gasteiger partial charge is 0.309 e. The molecule has 1 fully saturated rings. The molecule has 0 aromatic heterocycles. The summed E-state index contributed by atoms with van der Waals surface area (Å²) in [6.07, 6.45) is 0.858. The average Bonchev–Trinajstić information content (AvgIpc) is 2.12. The lowest BCUT2D eigenvalue weighted by molar-refractivity contribution is -0.233. The van der Waals surface area contributed by atoms with Crippen LogP contribution in [0.25, 0.3) is 0 Å². The molecule has 54 valence electrons. The molecule has 0 aliphatic carbocycles. The molecule has 0 bridgehead atoms. The summed E-state index contributed by atoms with van der Waals surface area (Å²) in [4.78, 5) is 9.98. The van der Waals surface area contributed by atoms with E-state index < -0.39 is 16.5 Å². The van der Waals surface area contributed by atoms with Crippen molar-refractivity contribution in [2.45, 2.75) is 6.42 Å². The van der Waals surface area contributed by atoms with Gasteiger partial charge in [0.25, 0.3) is 0 Å². The van der Waals surface area contributed by atoms with Crippen molar-refractivity contribution in [3.05, 3.63) is 0 Å². The number of hydrogen-bond acceptors (Lipinski definition) is 3. The number of carbonyl (C=O) groups is 1. The van der Waals surface area contributed by atoms with Gasteiger partial charge in [-0.15, -0.1) is 12.4 Å². The van der Waals surface area contributed by atoms with E-state index in [1.54, 1.807) is 0 Å². The zero-order valence-electron chi connectivity index (χ0n) is 4.66. The third kappa shape index (κ3) is 2.43. The van der Waals surface area contributed by atoms with Crippen LogP contribution in [0.2, 0.25) is 0 Å². The molecule has 0 amide bonds. The monoisotopic (exact) mass is 170 g/mol. The van der Waals surface area contributed by atoms with E-state index >= 15 is 0 Å². The Balaban J connectivity index is 0.000000640. The van der Waals surface area contributed by atoms with E-state index in [1.807, 2.05) is 0 Å². The Kier molecular flexibility index (Phi) is 4.01. The van der Waals surface area contributed by atoms with Gasteiger partial charge in [-0.1, -0.05) is 0 Å². The molecule has 1 aliphatic rings. The maximum atomic E-state index is 9.98. The largest absolute Gasteiger partial charge is 0.502 e. The topological polar surface area (TPSA) is 49.4 Å². The number of halogens is 1. The summed E-state index contributed by atoms with van der Waals surface area (Å²) in [5.74, 6) is 0.641. The van der Waals surface area contributed by atoms with Gasteiger partial charge in [0.2, 0.25) is 11.2 Å². The average molecular weight is 171 g/mol. The summed E-state index contributed by atoms with van der Waals surface area (Å²) < 4.78 is 4.78. The van der Waals surface area contributed by atoms with Gasteiger partial charge in [-0.2, -0.15) is 4.18 Å². The Bertz CT molecular complexity index is 102. The highest BCUT2D eigenvalue weighted by Crippen LogP contribution is 2.09. The summed E-state index contributed by atoms with van der Waals surface area (Å²) in [7, 11) is 0. The summed E-state index contributed by atoms with van der Waals surface area (Å²) in [5, 5.41) is 8.92. The molecule has 0 aromatic carbocycles. The van der Waals surface area contributed by atoms with Gasteiger partial charge in [0.15, 0.2) is 5.75 Å². The normalized spacial score (nSPS) is 25.1. The molecule has 9 heavy (non-hydrogen) atoms. The Morgan fingerprint density at radius 3 is 2.56 bits per heavy atom. The molecule has 0 radical (unpaired) electrons. The van der Waals surface area contributed by atoms with Crippen LogP contribution in [-0.2, 0) is 15.4 Å². The number of hydrogen-bond donors (Lipinski definition) is 0.